The minimum atomic E-state index is 0.468. The highest BCUT2D eigenvalue weighted by Gasteiger charge is 2.16. The van der Waals surface area contributed by atoms with Crippen molar-refractivity contribution >= 4 is 46.2 Å². The highest BCUT2D eigenvalue weighted by atomic mass is 35.5. The molecule has 0 radical (unpaired) electrons. The van der Waals surface area contributed by atoms with Gasteiger partial charge in [-0.05, 0) is 60.2 Å². The molecule has 0 fully saturated rings. The van der Waals surface area contributed by atoms with Crippen LogP contribution in [-0.2, 0) is 13.1 Å². The highest BCUT2D eigenvalue weighted by molar-refractivity contribution is 7.80. The van der Waals surface area contributed by atoms with Gasteiger partial charge in [-0.2, -0.15) is 0 Å². The van der Waals surface area contributed by atoms with Crippen molar-refractivity contribution in [2.75, 3.05) is 12.4 Å². The van der Waals surface area contributed by atoms with Crippen molar-refractivity contribution in [2.45, 2.75) is 13.1 Å². The molecule has 28 heavy (non-hydrogen) atoms. The maximum absolute atomic E-state index is 6.37. The number of hydrogen-bond acceptors (Lipinski definition) is 3. The van der Waals surface area contributed by atoms with E-state index in [9.17, 15) is 0 Å². The van der Waals surface area contributed by atoms with Gasteiger partial charge in [0.25, 0.3) is 0 Å². The fourth-order valence-corrected chi connectivity index (χ4v) is 3.43. The van der Waals surface area contributed by atoms with Crippen molar-refractivity contribution in [2.24, 2.45) is 0 Å². The maximum atomic E-state index is 6.37. The number of benzene rings is 2. The van der Waals surface area contributed by atoms with Gasteiger partial charge in [-0.3, -0.25) is 4.98 Å². The van der Waals surface area contributed by atoms with Crippen LogP contribution in [-0.4, -0.2) is 22.1 Å². The number of ether oxygens (including phenoxy) is 1. The van der Waals surface area contributed by atoms with Gasteiger partial charge < -0.3 is 15.0 Å². The third kappa shape index (κ3) is 5.35. The van der Waals surface area contributed by atoms with E-state index in [1.807, 2.05) is 65.7 Å². The Kier molecular flexibility index (Phi) is 7.09. The molecule has 0 saturated carbocycles. The molecule has 3 rings (SSSR count). The third-order valence-electron chi connectivity index (χ3n) is 4.14. The summed E-state index contributed by atoms with van der Waals surface area (Å²) >= 11 is 18.4. The zero-order valence-corrected chi connectivity index (χ0v) is 17.6. The first kappa shape index (κ1) is 20.4. The predicted molar refractivity (Wildman–Crippen MR) is 119 cm³/mol. The van der Waals surface area contributed by atoms with Gasteiger partial charge >= 0.3 is 0 Å². The van der Waals surface area contributed by atoms with Crippen LogP contribution in [0.2, 0.25) is 10.0 Å². The van der Waals surface area contributed by atoms with Gasteiger partial charge in [0, 0.05) is 46.8 Å². The number of nitrogens with one attached hydrogen (secondary N) is 1. The van der Waals surface area contributed by atoms with Crippen molar-refractivity contribution < 1.29 is 4.74 Å². The van der Waals surface area contributed by atoms with E-state index in [1.165, 1.54) is 0 Å². The first-order chi connectivity index (χ1) is 13.6. The number of nitrogens with zero attached hydrogens (tertiary/aromatic N) is 2. The number of anilines is 1. The smallest absolute Gasteiger partial charge is 0.174 e. The molecule has 144 valence electrons. The van der Waals surface area contributed by atoms with Crippen molar-refractivity contribution in [1.29, 1.82) is 0 Å². The molecule has 0 aliphatic heterocycles. The second-order valence-electron chi connectivity index (χ2n) is 6.08. The van der Waals surface area contributed by atoms with Gasteiger partial charge in [0.1, 0.15) is 5.75 Å². The van der Waals surface area contributed by atoms with E-state index in [4.69, 9.17) is 40.2 Å². The Labute approximate surface area is 180 Å². The van der Waals surface area contributed by atoms with E-state index in [0.29, 0.717) is 28.2 Å². The molecule has 0 amide bonds. The number of thiocarbonyl (C=S) groups is 1. The molecule has 0 spiro atoms. The van der Waals surface area contributed by atoms with Crippen LogP contribution in [0.4, 0.5) is 5.69 Å². The molecule has 7 heteroatoms. The SMILES string of the molecule is COc1ccc(NC(=S)N(Cc2cccnc2)Cc2c(Cl)cccc2Cl)cc1. The van der Waals surface area contributed by atoms with Crippen LogP contribution in [0.5, 0.6) is 5.75 Å². The second kappa shape index (κ2) is 9.73. The molecule has 1 heterocycles. The summed E-state index contributed by atoms with van der Waals surface area (Å²) in [6.07, 6.45) is 3.56. The molecular formula is C21H19Cl2N3OS. The maximum Gasteiger partial charge on any atom is 0.174 e. The number of aromatic nitrogens is 1. The lowest BCUT2D eigenvalue weighted by Crippen LogP contribution is -2.34. The Morgan fingerprint density at radius 3 is 2.36 bits per heavy atom. The number of hydrogen-bond donors (Lipinski definition) is 1. The number of halogens is 2. The lowest BCUT2D eigenvalue weighted by Gasteiger charge is -2.27. The van der Waals surface area contributed by atoms with Crippen LogP contribution in [0.1, 0.15) is 11.1 Å². The Morgan fingerprint density at radius 2 is 1.75 bits per heavy atom. The van der Waals surface area contributed by atoms with Gasteiger partial charge in [0.2, 0.25) is 0 Å². The number of methoxy groups -OCH3 is 1. The summed E-state index contributed by atoms with van der Waals surface area (Å²) in [4.78, 5) is 6.19. The van der Waals surface area contributed by atoms with Crippen molar-refractivity contribution in [3.63, 3.8) is 0 Å². The van der Waals surface area contributed by atoms with Crippen LogP contribution < -0.4 is 10.1 Å². The monoisotopic (exact) mass is 431 g/mol. The Morgan fingerprint density at radius 1 is 1.04 bits per heavy atom. The first-order valence-electron chi connectivity index (χ1n) is 8.58. The molecule has 1 aromatic heterocycles. The molecule has 0 saturated heterocycles. The number of rotatable bonds is 6. The molecule has 2 aromatic carbocycles. The fraction of sp³-hybridized carbons (Fsp3) is 0.143. The Balaban J connectivity index is 1.83. The molecular weight excluding hydrogens is 413 g/mol. The summed E-state index contributed by atoms with van der Waals surface area (Å²) in [5.74, 6) is 0.784. The van der Waals surface area contributed by atoms with Crippen LogP contribution in [0.15, 0.2) is 67.0 Å². The highest BCUT2D eigenvalue weighted by Crippen LogP contribution is 2.27. The first-order valence-corrected chi connectivity index (χ1v) is 9.75. The summed E-state index contributed by atoms with van der Waals surface area (Å²) in [6, 6.07) is 17.0. The molecule has 0 bridgehead atoms. The Bertz CT molecular complexity index is 916. The van der Waals surface area contributed by atoms with Crippen LogP contribution in [0.3, 0.4) is 0 Å². The van der Waals surface area contributed by atoms with E-state index < -0.39 is 0 Å². The van der Waals surface area contributed by atoms with Crippen molar-refractivity contribution in [3.8, 4) is 5.75 Å². The van der Waals surface area contributed by atoms with Gasteiger partial charge in [0.05, 0.1) is 7.11 Å². The minimum absolute atomic E-state index is 0.468. The zero-order valence-electron chi connectivity index (χ0n) is 15.2. The molecule has 0 unspecified atom stereocenters. The lowest BCUT2D eigenvalue weighted by atomic mass is 10.2. The molecule has 3 aromatic rings. The quantitative estimate of drug-likeness (QED) is 0.499. The summed E-state index contributed by atoms with van der Waals surface area (Å²) in [6.45, 7) is 1.03. The second-order valence-corrected chi connectivity index (χ2v) is 7.28. The van der Waals surface area contributed by atoms with E-state index in [1.54, 1.807) is 13.3 Å². The standard InChI is InChI=1S/C21H19Cl2N3OS/c1-27-17-9-7-16(8-10-17)25-21(28)26(13-15-4-3-11-24-12-15)14-18-19(22)5-2-6-20(18)23/h2-12H,13-14H2,1H3,(H,25,28). The van der Waals surface area contributed by atoms with Gasteiger partial charge in [-0.1, -0.05) is 35.3 Å². The van der Waals surface area contributed by atoms with E-state index >= 15 is 0 Å². The van der Waals surface area contributed by atoms with Crippen LogP contribution >= 0.6 is 35.4 Å². The largest absolute Gasteiger partial charge is 0.497 e. The van der Waals surface area contributed by atoms with Gasteiger partial charge in [-0.15, -0.1) is 0 Å². The van der Waals surface area contributed by atoms with Crippen molar-refractivity contribution in [3.05, 3.63) is 88.2 Å². The predicted octanol–water partition coefficient (Wildman–Crippen LogP) is 5.80. The van der Waals surface area contributed by atoms with Gasteiger partial charge in [0.15, 0.2) is 5.11 Å². The molecule has 0 aliphatic rings. The summed E-state index contributed by atoms with van der Waals surface area (Å²) in [7, 11) is 1.63. The average molecular weight is 432 g/mol. The fourth-order valence-electron chi connectivity index (χ4n) is 2.66. The summed E-state index contributed by atoms with van der Waals surface area (Å²) in [5, 5.41) is 5.04. The lowest BCUT2D eigenvalue weighted by molar-refractivity contribution is 0.412. The molecule has 4 nitrogen and oxygen atoms in total. The topological polar surface area (TPSA) is 37.4 Å². The summed E-state index contributed by atoms with van der Waals surface area (Å²) < 4.78 is 5.20. The van der Waals surface area contributed by atoms with E-state index in [2.05, 4.69) is 10.3 Å². The molecule has 1 N–H and O–H groups in total. The van der Waals surface area contributed by atoms with Crippen LogP contribution in [0, 0.1) is 0 Å². The van der Waals surface area contributed by atoms with Crippen LogP contribution in [0.25, 0.3) is 0 Å². The minimum Gasteiger partial charge on any atom is -0.497 e. The normalized spacial score (nSPS) is 10.4. The molecule has 0 aliphatic carbocycles. The van der Waals surface area contributed by atoms with Crippen molar-refractivity contribution in [1.82, 2.24) is 9.88 Å². The van der Waals surface area contributed by atoms with E-state index in [-0.39, 0.29) is 0 Å². The average Bonchev–Trinajstić information content (AvgIpc) is 2.71. The third-order valence-corrected chi connectivity index (χ3v) is 5.20. The van der Waals surface area contributed by atoms with Gasteiger partial charge in [-0.25, -0.2) is 0 Å². The number of pyridine rings is 1. The Hall–Kier alpha value is -2.34. The zero-order chi connectivity index (χ0) is 19.9. The molecule has 0 atom stereocenters. The summed E-state index contributed by atoms with van der Waals surface area (Å²) in [5.41, 5.74) is 2.73. The van der Waals surface area contributed by atoms with E-state index in [0.717, 1.165) is 22.6 Å².